The number of benzene rings is 1. The van der Waals surface area contributed by atoms with Crippen LogP contribution in [0.5, 0.6) is 0 Å². The van der Waals surface area contributed by atoms with Crippen molar-refractivity contribution in [1.82, 2.24) is 24.8 Å². The van der Waals surface area contributed by atoms with Gasteiger partial charge in [0.2, 0.25) is 11.9 Å². The summed E-state index contributed by atoms with van der Waals surface area (Å²) in [6.45, 7) is 8.30. The minimum Gasteiger partial charge on any atom is -0.395 e. The van der Waals surface area contributed by atoms with Gasteiger partial charge in [-0.1, -0.05) is 41.2 Å². The van der Waals surface area contributed by atoms with Crippen LogP contribution >= 0.6 is 11.3 Å². The van der Waals surface area contributed by atoms with Crippen LogP contribution in [-0.2, 0) is 0 Å². The van der Waals surface area contributed by atoms with Gasteiger partial charge >= 0.3 is 0 Å². The Morgan fingerprint density at radius 1 is 1.03 bits per heavy atom. The Bertz CT molecular complexity index is 952. The molecular formula is C20H25N7OS. The number of thiazole rings is 1. The van der Waals surface area contributed by atoms with Gasteiger partial charge in [0, 0.05) is 38.9 Å². The zero-order valence-corrected chi connectivity index (χ0v) is 17.5. The normalized spacial score (nSPS) is 14.9. The second-order valence-electron chi connectivity index (χ2n) is 7.08. The van der Waals surface area contributed by atoms with Crippen LogP contribution in [0.2, 0.25) is 0 Å². The van der Waals surface area contributed by atoms with E-state index in [2.05, 4.69) is 66.2 Å². The van der Waals surface area contributed by atoms with Gasteiger partial charge < -0.3 is 10.0 Å². The molecule has 8 nitrogen and oxygen atoms in total. The molecule has 1 aromatic carbocycles. The summed E-state index contributed by atoms with van der Waals surface area (Å²) in [6.07, 6.45) is 1.87. The Morgan fingerprint density at radius 2 is 1.79 bits per heavy atom. The fraction of sp³-hybridized carbons (Fsp3) is 0.400. The van der Waals surface area contributed by atoms with E-state index < -0.39 is 0 Å². The van der Waals surface area contributed by atoms with Gasteiger partial charge in [-0.05, 0) is 19.4 Å². The number of β-amino-alcohol motifs (C(OH)–C–C–N with tert-alkyl or cyclic N) is 1. The largest absolute Gasteiger partial charge is 0.395 e. The molecule has 0 atom stereocenters. The molecule has 1 aliphatic heterocycles. The van der Waals surface area contributed by atoms with Crippen molar-refractivity contribution in [2.24, 2.45) is 0 Å². The van der Waals surface area contributed by atoms with Gasteiger partial charge in [0.1, 0.15) is 5.82 Å². The number of anilines is 3. The van der Waals surface area contributed by atoms with Crippen molar-refractivity contribution in [3.63, 3.8) is 0 Å². The molecule has 1 saturated heterocycles. The number of aliphatic hydroxyl groups excluding tert-OH is 1. The summed E-state index contributed by atoms with van der Waals surface area (Å²) >= 11 is 1.57. The number of nitrogens with zero attached hydrogens (tertiary/aromatic N) is 6. The van der Waals surface area contributed by atoms with E-state index in [-0.39, 0.29) is 6.61 Å². The van der Waals surface area contributed by atoms with Gasteiger partial charge in [-0.15, -0.1) is 0 Å². The van der Waals surface area contributed by atoms with Gasteiger partial charge in [0.15, 0.2) is 5.13 Å². The summed E-state index contributed by atoms with van der Waals surface area (Å²) in [6, 6.07) is 8.41. The minimum absolute atomic E-state index is 0.192. The Labute approximate surface area is 174 Å². The molecule has 1 aliphatic rings. The zero-order valence-electron chi connectivity index (χ0n) is 16.7. The second-order valence-corrected chi connectivity index (χ2v) is 8.11. The fourth-order valence-electron chi connectivity index (χ4n) is 3.26. The Kier molecular flexibility index (Phi) is 5.98. The predicted octanol–water partition coefficient (Wildman–Crippen LogP) is 2.47. The van der Waals surface area contributed by atoms with Gasteiger partial charge in [-0.25, -0.2) is 4.98 Å². The summed E-state index contributed by atoms with van der Waals surface area (Å²) < 4.78 is 0. The van der Waals surface area contributed by atoms with Crippen LogP contribution in [0.25, 0.3) is 10.4 Å². The first-order valence-corrected chi connectivity index (χ1v) is 10.5. The maximum absolute atomic E-state index is 9.10. The van der Waals surface area contributed by atoms with E-state index >= 15 is 0 Å². The van der Waals surface area contributed by atoms with Crippen molar-refractivity contribution in [2.45, 2.75) is 13.8 Å². The van der Waals surface area contributed by atoms with Crippen LogP contribution in [0.15, 0.2) is 30.5 Å². The van der Waals surface area contributed by atoms with Crippen molar-refractivity contribution in [3.05, 3.63) is 41.9 Å². The molecule has 9 heteroatoms. The molecule has 1 fully saturated rings. The summed E-state index contributed by atoms with van der Waals surface area (Å²) in [5.41, 5.74) is 2.39. The molecule has 3 heterocycles. The van der Waals surface area contributed by atoms with Crippen molar-refractivity contribution < 1.29 is 5.11 Å². The standard InChI is InChI=1S/C20H25N7OS/c1-14-3-5-16(6-4-14)17-13-21-20(29-17)25-18-22-15(2)23-19(24-18)27-9-7-26(8-10-27)11-12-28/h3-6,13,28H,7-12H2,1-2H3,(H,21,22,23,24,25). The Balaban J connectivity index is 1.46. The number of rotatable bonds is 6. The number of nitrogens with one attached hydrogen (secondary N) is 1. The molecular weight excluding hydrogens is 386 g/mol. The van der Waals surface area contributed by atoms with Crippen molar-refractivity contribution in [2.75, 3.05) is 49.5 Å². The van der Waals surface area contributed by atoms with E-state index in [0.29, 0.717) is 24.3 Å². The van der Waals surface area contributed by atoms with Crippen LogP contribution < -0.4 is 10.2 Å². The van der Waals surface area contributed by atoms with Crippen LogP contribution in [0.1, 0.15) is 11.4 Å². The maximum atomic E-state index is 9.10. The first-order chi connectivity index (χ1) is 14.1. The van der Waals surface area contributed by atoms with E-state index in [1.807, 2.05) is 13.1 Å². The predicted molar refractivity (Wildman–Crippen MR) is 116 cm³/mol. The molecule has 0 saturated carbocycles. The molecule has 3 aromatic rings. The second kappa shape index (κ2) is 8.81. The molecule has 0 aliphatic carbocycles. The smallest absolute Gasteiger partial charge is 0.234 e. The highest BCUT2D eigenvalue weighted by Gasteiger charge is 2.20. The van der Waals surface area contributed by atoms with Gasteiger partial charge in [0.05, 0.1) is 11.5 Å². The van der Waals surface area contributed by atoms with Crippen LogP contribution in [0, 0.1) is 13.8 Å². The highest BCUT2D eigenvalue weighted by molar-refractivity contribution is 7.18. The molecule has 4 rings (SSSR count). The lowest BCUT2D eigenvalue weighted by Gasteiger charge is -2.34. The fourth-order valence-corrected chi connectivity index (χ4v) is 4.07. The SMILES string of the molecule is Cc1ccc(-c2cnc(Nc3nc(C)nc(N4CCN(CCO)CC4)n3)s2)cc1. The number of aryl methyl sites for hydroxylation is 2. The molecule has 2 aromatic heterocycles. The third kappa shape index (κ3) is 4.87. The Hall–Kier alpha value is -2.62. The number of aromatic nitrogens is 4. The highest BCUT2D eigenvalue weighted by atomic mass is 32.1. The van der Waals surface area contributed by atoms with Crippen LogP contribution in [-0.4, -0.2) is 69.3 Å². The van der Waals surface area contributed by atoms with Crippen LogP contribution in [0.4, 0.5) is 17.0 Å². The van der Waals surface area contributed by atoms with E-state index in [4.69, 9.17) is 5.11 Å². The van der Waals surface area contributed by atoms with Gasteiger partial charge in [-0.2, -0.15) is 15.0 Å². The van der Waals surface area contributed by atoms with E-state index in [1.54, 1.807) is 11.3 Å². The van der Waals surface area contributed by atoms with Gasteiger partial charge in [0.25, 0.3) is 0 Å². The summed E-state index contributed by atoms with van der Waals surface area (Å²) in [5.74, 6) is 1.86. The zero-order chi connectivity index (χ0) is 20.2. The van der Waals surface area contributed by atoms with Crippen LogP contribution in [0.3, 0.4) is 0 Å². The molecule has 2 N–H and O–H groups in total. The highest BCUT2D eigenvalue weighted by Crippen LogP contribution is 2.30. The monoisotopic (exact) mass is 411 g/mol. The number of hydrogen-bond acceptors (Lipinski definition) is 9. The molecule has 0 amide bonds. The minimum atomic E-state index is 0.192. The quantitative estimate of drug-likeness (QED) is 0.639. The average Bonchev–Trinajstić information content (AvgIpc) is 3.17. The van der Waals surface area contributed by atoms with Crippen molar-refractivity contribution >= 4 is 28.4 Å². The molecule has 0 spiro atoms. The van der Waals surface area contributed by atoms with Crippen molar-refractivity contribution in [3.8, 4) is 10.4 Å². The lowest BCUT2D eigenvalue weighted by Crippen LogP contribution is -2.47. The number of piperazine rings is 1. The third-order valence-electron chi connectivity index (χ3n) is 4.87. The summed E-state index contributed by atoms with van der Waals surface area (Å²) in [4.78, 5) is 23.5. The van der Waals surface area contributed by atoms with E-state index in [0.717, 1.165) is 41.8 Å². The molecule has 29 heavy (non-hydrogen) atoms. The Morgan fingerprint density at radius 3 is 2.52 bits per heavy atom. The number of hydrogen-bond donors (Lipinski definition) is 2. The molecule has 0 bridgehead atoms. The number of aliphatic hydroxyl groups is 1. The maximum Gasteiger partial charge on any atom is 0.234 e. The van der Waals surface area contributed by atoms with Gasteiger partial charge in [-0.3, -0.25) is 10.2 Å². The first-order valence-electron chi connectivity index (χ1n) is 9.71. The topological polar surface area (TPSA) is 90.3 Å². The van der Waals surface area contributed by atoms with E-state index in [1.165, 1.54) is 5.56 Å². The lowest BCUT2D eigenvalue weighted by atomic mass is 10.1. The average molecular weight is 412 g/mol. The molecule has 152 valence electrons. The molecule has 0 radical (unpaired) electrons. The molecule has 0 unspecified atom stereocenters. The first kappa shape index (κ1) is 19.7. The lowest BCUT2D eigenvalue weighted by molar-refractivity contribution is 0.188. The van der Waals surface area contributed by atoms with E-state index in [9.17, 15) is 0 Å². The summed E-state index contributed by atoms with van der Waals surface area (Å²) in [5, 5.41) is 13.1. The van der Waals surface area contributed by atoms with Crippen molar-refractivity contribution in [1.29, 1.82) is 0 Å². The summed E-state index contributed by atoms with van der Waals surface area (Å²) in [7, 11) is 0. The third-order valence-corrected chi connectivity index (χ3v) is 5.83.